The average Bonchev–Trinajstić information content (AvgIpc) is 3.26. The molecule has 0 radical (unpaired) electrons. The van der Waals surface area contributed by atoms with Gasteiger partial charge >= 0.3 is 0 Å². The Morgan fingerprint density at radius 2 is 2.17 bits per heavy atom. The highest BCUT2D eigenvalue weighted by molar-refractivity contribution is 5.28. The van der Waals surface area contributed by atoms with Crippen LogP contribution in [0.1, 0.15) is 61.1 Å². The molecule has 0 amide bonds. The molecule has 3 atom stereocenters. The number of nitrogens with one attached hydrogen (secondary N) is 1. The van der Waals surface area contributed by atoms with Crippen LogP contribution in [0.15, 0.2) is 4.52 Å². The molecule has 0 unspecified atom stereocenters. The molecule has 3 heterocycles. The molecule has 132 valence electrons. The van der Waals surface area contributed by atoms with Gasteiger partial charge in [-0.3, -0.25) is 4.68 Å². The third kappa shape index (κ3) is 3.23. The normalized spacial score (nSPS) is 22.2. The van der Waals surface area contributed by atoms with Crippen LogP contribution in [0.3, 0.4) is 0 Å². The number of aryl methyl sites for hydroxylation is 3. The molecule has 3 rings (SSSR count). The van der Waals surface area contributed by atoms with E-state index in [1.807, 2.05) is 18.7 Å². The number of rotatable bonds is 6. The maximum atomic E-state index is 6.04. The Kier molecular flexibility index (Phi) is 5.01. The molecule has 0 saturated carbocycles. The van der Waals surface area contributed by atoms with Gasteiger partial charge < -0.3 is 14.6 Å². The second-order valence-electron chi connectivity index (χ2n) is 6.58. The lowest BCUT2D eigenvalue weighted by Gasteiger charge is -2.21. The van der Waals surface area contributed by atoms with Crippen molar-refractivity contribution < 1.29 is 9.26 Å². The van der Waals surface area contributed by atoms with Gasteiger partial charge in [0.2, 0.25) is 5.89 Å². The number of ether oxygens (including phenoxy) is 1. The fraction of sp³-hybridized carbons (Fsp3) is 0.706. The number of nitrogens with zero attached hydrogens (tertiary/aromatic N) is 4. The molecular formula is C17H27N5O2. The highest BCUT2D eigenvalue weighted by Gasteiger charge is 2.33. The van der Waals surface area contributed by atoms with Crippen molar-refractivity contribution in [1.29, 1.82) is 0 Å². The number of aromatic nitrogens is 4. The Morgan fingerprint density at radius 3 is 2.79 bits per heavy atom. The second kappa shape index (κ2) is 7.03. The standard InChI is InChI=1S/C17H27N5O2/c1-6-14-19-17(24-21-14)11(3)18-9-13-7-8-23-16(13)15-10(2)20-22(5)12(15)4/h11,13,16,18H,6-9H2,1-5H3/t11-,13+,16-/m0/s1. The van der Waals surface area contributed by atoms with E-state index in [9.17, 15) is 0 Å². The van der Waals surface area contributed by atoms with Crippen LogP contribution < -0.4 is 5.32 Å². The van der Waals surface area contributed by atoms with Crippen LogP contribution in [0.25, 0.3) is 0 Å². The Labute approximate surface area is 142 Å². The summed E-state index contributed by atoms with van der Waals surface area (Å²) in [6, 6.07) is 0.0372. The van der Waals surface area contributed by atoms with Crippen LogP contribution >= 0.6 is 0 Å². The summed E-state index contributed by atoms with van der Waals surface area (Å²) in [7, 11) is 1.98. The van der Waals surface area contributed by atoms with E-state index in [2.05, 4.69) is 41.3 Å². The minimum atomic E-state index is 0.0372. The van der Waals surface area contributed by atoms with Crippen molar-refractivity contribution in [2.24, 2.45) is 13.0 Å². The lowest BCUT2D eigenvalue weighted by atomic mass is 9.93. The minimum absolute atomic E-state index is 0.0372. The molecule has 2 aromatic rings. The first-order valence-corrected chi connectivity index (χ1v) is 8.68. The summed E-state index contributed by atoms with van der Waals surface area (Å²) in [6.45, 7) is 9.88. The van der Waals surface area contributed by atoms with E-state index in [0.717, 1.165) is 37.5 Å². The maximum Gasteiger partial charge on any atom is 0.243 e. The van der Waals surface area contributed by atoms with Crippen molar-refractivity contribution in [2.45, 2.75) is 52.7 Å². The van der Waals surface area contributed by atoms with E-state index in [1.54, 1.807) is 0 Å². The van der Waals surface area contributed by atoms with Gasteiger partial charge in [0, 0.05) is 43.8 Å². The van der Waals surface area contributed by atoms with Gasteiger partial charge in [0.1, 0.15) is 0 Å². The van der Waals surface area contributed by atoms with Crippen LogP contribution in [0.5, 0.6) is 0 Å². The molecule has 0 spiro atoms. The second-order valence-corrected chi connectivity index (χ2v) is 6.58. The summed E-state index contributed by atoms with van der Waals surface area (Å²) in [6.07, 6.45) is 1.93. The molecule has 7 nitrogen and oxygen atoms in total. The van der Waals surface area contributed by atoms with Gasteiger partial charge in [-0.2, -0.15) is 10.1 Å². The van der Waals surface area contributed by atoms with E-state index >= 15 is 0 Å². The molecule has 1 saturated heterocycles. The fourth-order valence-corrected chi connectivity index (χ4v) is 3.37. The first-order valence-electron chi connectivity index (χ1n) is 8.68. The minimum Gasteiger partial charge on any atom is -0.373 e. The van der Waals surface area contributed by atoms with Gasteiger partial charge in [-0.25, -0.2) is 0 Å². The zero-order valence-corrected chi connectivity index (χ0v) is 15.2. The Morgan fingerprint density at radius 1 is 1.38 bits per heavy atom. The summed E-state index contributed by atoms with van der Waals surface area (Å²) in [5, 5.41) is 12.0. The molecule has 24 heavy (non-hydrogen) atoms. The van der Waals surface area contributed by atoms with E-state index < -0.39 is 0 Å². The highest BCUT2D eigenvalue weighted by atomic mass is 16.5. The Hall–Kier alpha value is -1.73. The van der Waals surface area contributed by atoms with Crippen LogP contribution in [0, 0.1) is 19.8 Å². The Balaban J connectivity index is 1.66. The molecule has 1 fully saturated rings. The van der Waals surface area contributed by atoms with E-state index in [4.69, 9.17) is 9.26 Å². The molecule has 0 aromatic carbocycles. The first-order chi connectivity index (χ1) is 11.5. The maximum absolute atomic E-state index is 6.04. The zero-order chi connectivity index (χ0) is 17.3. The summed E-state index contributed by atoms with van der Waals surface area (Å²) >= 11 is 0. The van der Waals surface area contributed by atoms with Crippen molar-refractivity contribution in [3.63, 3.8) is 0 Å². The summed E-state index contributed by atoms with van der Waals surface area (Å²) in [5.41, 5.74) is 3.48. The van der Waals surface area contributed by atoms with Gasteiger partial charge in [0.25, 0.3) is 0 Å². The van der Waals surface area contributed by atoms with Crippen molar-refractivity contribution in [1.82, 2.24) is 25.2 Å². The smallest absolute Gasteiger partial charge is 0.243 e. The predicted molar refractivity (Wildman–Crippen MR) is 89.6 cm³/mol. The SMILES string of the molecule is CCc1noc([C@H](C)NC[C@H]2CCO[C@@H]2c2c(C)nn(C)c2C)n1. The van der Waals surface area contributed by atoms with Crippen molar-refractivity contribution in [3.8, 4) is 0 Å². The number of hydrogen-bond donors (Lipinski definition) is 1. The lowest BCUT2D eigenvalue weighted by Crippen LogP contribution is -2.28. The molecule has 0 aliphatic carbocycles. The van der Waals surface area contributed by atoms with Crippen molar-refractivity contribution >= 4 is 0 Å². The molecular weight excluding hydrogens is 306 g/mol. The molecule has 0 bridgehead atoms. The van der Waals surface area contributed by atoms with Gasteiger partial charge in [0.15, 0.2) is 5.82 Å². The van der Waals surface area contributed by atoms with Gasteiger partial charge in [-0.1, -0.05) is 12.1 Å². The van der Waals surface area contributed by atoms with Crippen LogP contribution in [-0.2, 0) is 18.2 Å². The third-order valence-electron chi connectivity index (χ3n) is 4.92. The molecule has 1 aliphatic heterocycles. The van der Waals surface area contributed by atoms with Crippen molar-refractivity contribution in [2.75, 3.05) is 13.2 Å². The fourth-order valence-electron chi connectivity index (χ4n) is 3.37. The number of hydrogen-bond acceptors (Lipinski definition) is 6. The molecule has 7 heteroatoms. The van der Waals surface area contributed by atoms with E-state index in [-0.39, 0.29) is 12.1 Å². The van der Waals surface area contributed by atoms with Gasteiger partial charge in [-0.15, -0.1) is 0 Å². The van der Waals surface area contributed by atoms with Gasteiger partial charge in [0.05, 0.1) is 17.8 Å². The quantitative estimate of drug-likeness (QED) is 0.875. The van der Waals surface area contributed by atoms with Gasteiger partial charge in [-0.05, 0) is 27.2 Å². The lowest BCUT2D eigenvalue weighted by molar-refractivity contribution is 0.0885. The van der Waals surface area contributed by atoms with E-state index in [1.165, 1.54) is 11.3 Å². The molecule has 2 aromatic heterocycles. The van der Waals surface area contributed by atoms with E-state index in [0.29, 0.717) is 11.8 Å². The summed E-state index contributed by atoms with van der Waals surface area (Å²) in [4.78, 5) is 4.40. The van der Waals surface area contributed by atoms with Crippen molar-refractivity contribution in [3.05, 3.63) is 28.7 Å². The highest BCUT2D eigenvalue weighted by Crippen LogP contribution is 2.37. The summed E-state index contributed by atoms with van der Waals surface area (Å²) in [5.74, 6) is 1.82. The summed E-state index contributed by atoms with van der Waals surface area (Å²) < 4.78 is 13.3. The van der Waals surface area contributed by atoms with Crippen LogP contribution in [0.2, 0.25) is 0 Å². The van der Waals surface area contributed by atoms with Crippen LogP contribution in [-0.4, -0.2) is 33.1 Å². The topological polar surface area (TPSA) is 78.0 Å². The average molecular weight is 333 g/mol. The van der Waals surface area contributed by atoms with Crippen LogP contribution in [0.4, 0.5) is 0 Å². The monoisotopic (exact) mass is 333 g/mol. The predicted octanol–water partition coefficient (Wildman–Crippen LogP) is 2.41. The zero-order valence-electron chi connectivity index (χ0n) is 15.2. The third-order valence-corrected chi connectivity index (χ3v) is 4.92. The largest absolute Gasteiger partial charge is 0.373 e. The molecule has 1 aliphatic rings. The molecule has 1 N–H and O–H groups in total. The Bertz CT molecular complexity index is 693. The first kappa shape index (κ1) is 17.1.